The molecule has 1 aliphatic carbocycles. The molecular formula is C21H25ClN4O. The van der Waals surface area contributed by atoms with Crippen molar-refractivity contribution in [3.05, 3.63) is 40.2 Å². The monoisotopic (exact) mass is 384 g/mol. The largest absolute Gasteiger partial charge is 0.508 e. The van der Waals surface area contributed by atoms with E-state index in [1.807, 2.05) is 17.5 Å². The SMILES string of the molecule is CCC(CC)Nc1c2c(nc3c(-c4ccc(O)cc4Cl)c(C)nn13)CCC2. The minimum Gasteiger partial charge on any atom is -0.508 e. The topological polar surface area (TPSA) is 62.5 Å². The second kappa shape index (κ2) is 7.04. The average Bonchev–Trinajstić information content (AvgIpc) is 3.23. The number of rotatable bonds is 5. The van der Waals surface area contributed by atoms with Crippen molar-refractivity contribution >= 4 is 23.1 Å². The van der Waals surface area contributed by atoms with E-state index in [2.05, 4.69) is 19.2 Å². The number of aryl methyl sites for hydroxylation is 2. The molecule has 0 spiro atoms. The van der Waals surface area contributed by atoms with Crippen molar-refractivity contribution in [3.63, 3.8) is 0 Å². The first-order valence-corrected chi connectivity index (χ1v) is 10.1. The summed E-state index contributed by atoms with van der Waals surface area (Å²) in [6.45, 7) is 6.39. The molecule has 0 amide bonds. The molecule has 4 rings (SSSR count). The Balaban J connectivity index is 1.97. The van der Waals surface area contributed by atoms with Crippen LogP contribution in [-0.4, -0.2) is 25.7 Å². The molecule has 0 saturated carbocycles. The zero-order valence-corrected chi connectivity index (χ0v) is 16.8. The predicted molar refractivity (Wildman–Crippen MR) is 110 cm³/mol. The van der Waals surface area contributed by atoms with Crippen LogP contribution in [0, 0.1) is 6.92 Å². The lowest BCUT2D eigenvalue weighted by Gasteiger charge is -2.19. The molecule has 1 aliphatic rings. The summed E-state index contributed by atoms with van der Waals surface area (Å²) in [7, 11) is 0. The molecule has 142 valence electrons. The third-order valence-electron chi connectivity index (χ3n) is 5.51. The number of fused-ring (bicyclic) bond motifs is 2. The first-order chi connectivity index (χ1) is 13.0. The fourth-order valence-electron chi connectivity index (χ4n) is 3.99. The molecule has 0 atom stereocenters. The summed E-state index contributed by atoms with van der Waals surface area (Å²) in [6, 6.07) is 5.47. The molecule has 5 nitrogen and oxygen atoms in total. The van der Waals surface area contributed by atoms with Crippen molar-refractivity contribution in [2.45, 2.75) is 58.9 Å². The summed E-state index contributed by atoms with van der Waals surface area (Å²) in [6.07, 6.45) is 5.28. The summed E-state index contributed by atoms with van der Waals surface area (Å²) in [4.78, 5) is 4.98. The van der Waals surface area contributed by atoms with Gasteiger partial charge in [-0.25, -0.2) is 4.98 Å². The van der Waals surface area contributed by atoms with Crippen LogP contribution in [0.1, 0.15) is 50.1 Å². The highest BCUT2D eigenvalue weighted by Crippen LogP contribution is 2.38. The van der Waals surface area contributed by atoms with Gasteiger partial charge in [-0.2, -0.15) is 9.61 Å². The molecule has 27 heavy (non-hydrogen) atoms. The van der Waals surface area contributed by atoms with Gasteiger partial charge in [0.1, 0.15) is 11.6 Å². The Morgan fingerprint density at radius 2 is 2.04 bits per heavy atom. The quantitative estimate of drug-likeness (QED) is 0.638. The Morgan fingerprint density at radius 1 is 1.26 bits per heavy atom. The average molecular weight is 385 g/mol. The lowest BCUT2D eigenvalue weighted by atomic mass is 10.1. The van der Waals surface area contributed by atoms with Gasteiger partial charge in [-0.3, -0.25) is 0 Å². The first-order valence-electron chi connectivity index (χ1n) is 9.70. The van der Waals surface area contributed by atoms with Gasteiger partial charge in [0, 0.05) is 22.9 Å². The third-order valence-corrected chi connectivity index (χ3v) is 5.82. The van der Waals surface area contributed by atoms with E-state index in [4.69, 9.17) is 21.7 Å². The van der Waals surface area contributed by atoms with E-state index in [-0.39, 0.29) is 5.75 Å². The second-order valence-corrected chi connectivity index (χ2v) is 7.66. The van der Waals surface area contributed by atoms with Crippen LogP contribution in [0.4, 0.5) is 5.82 Å². The van der Waals surface area contributed by atoms with Gasteiger partial charge in [0.25, 0.3) is 0 Å². The summed E-state index contributed by atoms with van der Waals surface area (Å²) < 4.78 is 1.95. The van der Waals surface area contributed by atoms with Crippen LogP contribution in [0.5, 0.6) is 5.75 Å². The van der Waals surface area contributed by atoms with E-state index in [0.717, 1.165) is 66.1 Å². The van der Waals surface area contributed by atoms with E-state index >= 15 is 0 Å². The number of aromatic hydroxyl groups is 1. The number of phenolic OH excluding ortho intramolecular Hbond substituents is 1. The van der Waals surface area contributed by atoms with E-state index in [1.54, 1.807) is 12.1 Å². The van der Waals surface area contributed by atoms with Crippen LogP contribution in [0.15, 0.2) is 18.2 Å². The number of phenols is 1. The molecule has 0 radical (unpaired) electrons. The summed E-state index contributed by atoms with van der Waals surface area (Å²) in [5.41, 5.74) is 5.94. The lowest BCUT2D eigenvalue weighted by molar-refractivity contribution is 0.475. The van der Waals surface area contributed by atoms with Gasteiger partial charge >= 0.3 is 0 Å². The standard InChI is InChI=1S/C21H25ClN4O/c1-4-13(5-2)23-20-16-7-6-8-18(16)24-21-19(12(3)25-26(20)21)15-10-9-14(27)11-17(15)22/h9-11,13,23,27H,4-8H2,1-3H3. The number of nitrogens with one attached hydrogen (secondary N) is 1. The molecule has 0 bridgehead atoms. The lowest BCUT2D eigenvalue weighted by Crippen LogP contribution is -2.21. The molecule has 0 unspecified atom stereocenters. The van der Waals surface area contributed by atoms with Crippen molar-refractivity contribution in [1.29, 1.82) is 0 Å². The maximum absolute atomic E-state index is 9.71. The smallest absolute Gasteiger partial charge is 0.165 e. The highest BCUT2D eigenvalue weighted by Gasteiger charge is 2.25. The number of benzene rings is 1. The van der Waals surface area contributed by atoms with Crippen molar-refractivity contribution in [3.8, 4) is 16.9 Å². The molecule has 2 heterocycles. The minimum atomic E-state index is 0.155. The number of halogens is 1. The first kappa shape index (κ1) is 18.1. The van der Waals surface area contributed by atoms with Crippen LogP contribution < -0.4 is 5.32 Å². The van der Waals surface area contributed by atoms with Crippen molar-refractivity contribution in [2.24, 2.45) is 0 Å². The number of hydrogen-bond donors (Lipinski definition) is 2. The maximum Gasteiger partial charge on any atom is 0.165 e. The maximum atomic E-state index is 9.71. The number of hydrogen-bond acceptors (Lipinski definition) is 4. The van der Waals surface area contributed by atoms with E-state index in [1.165, 1.54) is 5.56 Å². The number of nitrogens with zero attached hydrogens (tertiary/aromatic N) is 3. The summed E-state index contributed by atoms with van der Waals surface area (Å²) >= 11 is 6.44. The number of anilines is 1. The van der Waals surface area contributed by atoms with Gasteiger partial charge in [-0.05, 0) is 57.2 Å². The summed E-state index contributed by atoms with van der Waals surface area (Å²) in [5, 5.41) is 18.8. The van der Waals surface area contributed by atoms with Crippen LogP contribution in [0.25, 0.3) is 16.8 Å². The van der Waals surface area contributed by atoms with Crippen LogP contribution >= 0.6 is 11.6 Å². The molecule has 1 aromatic carbocycles. The molecule has 0 aliphatic heterocycles. The molecular weight excluding hydrogens is 360 g/mol. The van der Waals surface area contributed by atoms with Gasteiger partial charge in [0.05, 0.1) is 16.3 Å². The Labute approximate surface area is 164 Å². The van der Waals surface area contributed by atoms with E-state index in [9.17, 15) is 5.11 Å². The van der Waals surface area contributed by atoms with E-state index < -0.39 is 0 Å². The second-order valence-electron chi connectivity index (χ2n) is 7.26. The predicted octanol–water partition coefficient (Wildman–Crippen LogP) is 5.15. The fraction of sp³-hybridized carbons (Fsp3) is 0.429. The van der Waals surface area contributed by atoms with Crippen LogP contribution in [0.2, 0.25) is 5.02 Å². The van der Waals surface area contributed by atoms with Gasteiger partial charge in [0.2, 0.25) is 0 Å². The van der Waals surface area contributed by atoms with Crippen molar-refractivity contribution in [1.82, 2.24) is 14.6 Å². The molecule has 2 aromatic heterocycles. The third kappa shape index (κ3) is 3.04. The van der Waals surface area contributed by atoms with E-state index in [0.29, 0.717) is 11.1 Å². The molecule has 0 saturated heterocycles. The zero-order valence-electron chi connectivity index (χ0n) is 16.0. The van der Waals surface area contributed by atoms with Gasteiger partial charge in [-0.15, -0.1) is 0 Å². The normalized spacial score (nSPS) is 13.5. The Kier molecular flexibility index (Phi) is 4.72. The van der Waals surface area contributed by atoms with Crippen LogP contribution in [-0.2, 0) is 12.8 Å². The van der Waals surface area contributed by atoms with Gasteiger partial charge < -0.3 is 10.4 Å². The van der Waals surface area contributed by atoms with Gasteiger partial charge in [0.15, 0.2) is 5.65 Å². The molecule has 3 aromatic rings. The minimum absolute atomic E-state index is 0.155. The Morgan fingerprint density at radius 3 is 2.74 bits per heavy atom. The van der Waals surface area contributed by atoms with Gasteiger partial charge in [-0.1, -0.05) is 25.4 Å². The highest BCUT2D eigenvalue weighted by molar-refractivity contribution is 6.33. The summed E-state index contributed by atoms with van der Waals surface area (Å²) in [5.74, 6) is 1.23. The Bertz CT molecular complexity index is 1010. The molecule has 6 heteroatoms. The highest BCUT2D eigenvalue weighted by atomic mass is 35.5. The molecule has 2 N–H and O–H groups in total. The number of aromatic nitrogens is 3. The zero-order chi connectivity index (χ0) is 19.1. The van der Waals surface area contributed by atoms with Crippen LogP contribution in [0.3, 0.4) is 0 Å². The molecule has 0 fully saturated rings. The van der Waals surface area contributed by atoms with Crippen molar-refractivity contribution in [2.75, 3.05) is 5.32 Å². The van der Waals surface area contributed by atoms with Crippen molar-refractivity contribution < 1.29 is 5.11 Å². The fourth-order valence-corrected chi connectivity index (χ4v) is 4.26. The Hall–Kier alpha value is -2.27.